The van der Waals surface area contributed by atoms with Gasteiger partial charge in [-0.3, -0.25) is 15.5 Å². The minimum Gasteiger partial charge on any atom is -0.298 e. The molecule has 70 valence electrons. The number of carbonyl (C=O) groups is 1. The Bertz CT molecular complexity index is 480. The van der Waals surface area contributed by atoms with Gasteiger partial charge in [-0.15, -0.1) is 0 Å². The summed E-state index contributed by atoms with van der Waals surface area (Å²) in [7, 11) is 0. The fourth-order valence-electron chi connectivity index (χ4n) is 1.51. The maximum atomic E-state index is 10.7. The summed E-state index contributed by atoms with van der Waals surface area (Å²) >= 11 is 0. The fourth-order valence-corrected chi connectivity index (χ4v) is 1.51. The molecule has 2 aromatic rings. The van der Waals surface area contributed by atoms with Gasteiger partial charge in [0.2, 0.25) is 0 Å². The van der Waals surface area contributed by atoms with E-state index in [1.54, 1.807) is 6.07 Å². The van der Waals surface area contributed by atoms with Gasteiger partial charge < -0.3 is 0 Å². The van der Waals surface area contributed by atoms with Gasteiger partial charge in [-0.2, -0.15) is 0 Å². The van der Waals surface area contributed by atoms with Crippen LogP contribution in [0.1, 0.15) is 10.4 Å². The molecular formula is C11H9NO2. The number of carbonyl (C=O) groups excluding carboxylic acids is 1. The zero-order chi connectivity index (χ0) is 9.97. The molecule has 0 aliphatic carbocycles. The lowest BCUT2D eigenvalue weighted by atomic mass is 10.1. The second kappa shape index (κ2) is 3.47. The number of rotatable bonds is 2. The molecule has 2 rings (SSSR count). The van der Waals surface area contributed by atoms with Crippen molar-refractivity contribution < 1.29 is 10.0 Å². The van der Waals surface area contributed by atoms with Crippen LogP contribution in [0.15, 0.2) is 36.4 Å². The second-order valence-corrected chi connectivity index (χ2v) is 2.98. The van der Waals surface area contributed by atoms with Crippen LogP contribution in [0, 0.1) is 0 Å². The van der Waals surface area contributed by atoms with Crippen molar-refractivity contribution in [1.29, 1.82) is 0 Å². The highest BCUT2D eigenvalue weighted by molar-refractivity contribution is 6.01. The van der Waals surface area contributed by atoms with E-state index >= 15 is 0 Å². The summed E-state index contributed by atoms with van der Waals surface area (Å²) in [5, 5.41) is 10.8. The SMILES string of the molecule is O=Cc1ccc2ccccc2c1NO. The van der Waals surface area contributed by atoms with Crippen molar-refractivity contribution in [1.82, 2.24) is 0 Å². The monoisotopic (exact) mass is 187 g/mol. The number of benzene rings is 2. The van der Waals surface area contributed by atoms with Crippen LogP contribution < -0.4 is 5.48 Å². The Morgan fingerprint density at radius 1 is 1.14 bits per heavy atom. The molecule has 0 saturated carbocycles. The molecule has 0 fully saturated rings. The number of hydrogen-bond acceptors (Lipinski definition) is 3. The third kappa shape index (κ3) is 1.24. The van der Waals surface area contributed by atoms with Crippen LogP contribution in [0.2, 0.25) is 0 Å². The average Bonchev–Trinajstić information content (AvgIpc) is 2.27. The van der Waals surface area contributed by atoms with Crippen molar-refractivity contribution in [3.05, 3.63) is 42.0 Å². The first kappa shape index (κ1) is 8.72. The van der Waals surface area contributed by atoms with Gasteiger partial charge in [0.15, 0.2) is 6.29 Å². The first-order valence-corrected chi connectivity index (χ1v) is 4.24. The molecule has 3 nitrogen and oxygen atoms in total. The molecule has 0 spiro atoms. The Morgan fingerprint density at radius 2 is 1.93 bits per heavy atom. The molecule has 3 heteroatoms. The van der Waals surface area contributed by atoms with E-state index < -0.39 is 0 Å². The van der Waals surface area contributed by atoms with Crippen molar-refractivity contribution in [2.45, 2.75) is 0 Å². The van der Waals surface area contributed by atoms with Crippen LogP contribution >= 0.6 is 0 Å². The Morgan fingerprint density at radius 3 is 2.64 bits per heavy atom. The summed E-state index contributed by atoms with van der Waals surface area (Å²) in [6.07, 6.45) is 0.713. The number of nitrogens with one attached hydrogen (secondary N) is 1. The van der Waals surface area contributed by atoms with Crippen LogP contribution in [0.4, 0.5) is 5.69 Å². The van der Waals surface area contributed by atoms with E-state index in [1.807, 2.05) is 30.3 Å². The summed E-state index contributed by atoms with van der Waals surface area (Å²) in [6, 6.07) is 11.1. The average molecular weight is 187 g/mol. The molecule has 0 amide bonds. The standard InChI is InChI=1S/C11H9NO2/c13-7-9-6-5-8-3-1-2-4-10(8)11(9)12-14/h1-7,12,14H. The molecule has 0 bridgehead atoms. The van der Waals surface area contributed by atoms with E-state index in [1.165, 1.54) is 0 Å². The Labute approximate surface area is 80.9 Å². The van der Waals surface area contributed by atoms with Gasteiger partial charge in [-0.05, 0) is 11.5 Å². The van der Waals surface area contributed by atoms with Gasteiger partial charge in [0.25, 0.3) is 0 Å². The highest BCUT2D eigenvalue weighted by Crippen LogP contribution is 2.25. The second-order valence-electron chi connectivity index (χ2n) is 2.98. The van der Waals surface area contributed by atoms with Crippen molar-refractivity contribution in [2.24, 2.45) is 0 Å². The number of anilines is 1. The Hall–Kier alpha value is -1.87. The fraction of sp³-hybridized carbons (Fsp3) is 0. The van der Waals surface area contributed by atoms with Crippen molar-refractivity contribution in [2.75, 3.05) is 5.48 Å². The van der Waals surface area contributed by atoms with Crippen LogP contribution in [-0.4, -0.2) is 11.5 Å². The number of fused-ring (bicyclic) bond motifs is 1. The van der Waals surface area contributed by atoms with E-state index in [2.05, 4.69) is 5.48 Å². The van der Waals surface area contributed by atoms with E-state index in [9.17, 15) is 4.79 Å². The summed E-state index contributed by atoms with van der Waals surface area (Å²) in [5.74, 6) is 0. The van der Waals surface area contributed by atoms with Crippen LogP contribution in [0.5, 0.6) is 0 Å². The highest BCUT2D eigenvalue weighted by atomic mass is 16.5. The molecule has 2 aromatic carbocycles. The summed E-state index contributed by atoms with van der Waals surface area (Å²) in [4.78, 5) is 10.7. The maximum absolute atomic E-state index is 10.7. The molecule has 2 N–H and O–H groups in total. The first-order chi connectivity index (χ1) is 6.86. The van der Waals surface area contributed by atoms with Crippen LogP contribution in [-0.2, 0) is 0 Å². The normalized spacial score (nSPS) is 10.1. The summed E-state index contributed by atoms with van der Waals surface area (Å²) < 4.78 is 0. The van der Waals surface area contributed by atoms with E-state index in [4.69, 9.17) is 5.21 Å². The molecule has 0 heterocycles. The summed E-state index contributed by atoms with van der Waals surface area (Å²) in [5.41, 5.74) is 2.97. The van der Waals surface area contributed by atoms with Gasteiger partial charge in [0.1, 0.15) is 0 Å². The molecule has 0 aliphatic rings. The summed E-state index contributed by atoms with van der Waals surface area (Å²) in [6.45, 7) is 0. The molecule has 0 aromatic heterocycles. The predicted octanol–water partition coefficient (Wildman–Crippen LogP) is 2.45. The smallest absolute Gasteiger partial charge is 0.152 e. The van der Waals surface area contributed by atoms with E-state index in [0.29, 0.717) is 17.5 Å². The first-order valence-electron chi connectivity index (χ1n) is 4.24. The predicted molar refractivity (Wildman–Crippen MR) is 54.7 cm³/mol. The molecule has 0 radical (unpaired) electrons. The van der Waals surface area contributed by atoms with Crippen molar-refractivity contribution in [3.63, 3.8) is 0 Å². The zero-order valence-corrected chi connectivity index (χ0v) is 7.40. The molecule has 0 unspecified atom stereocenters. The van der Waals surface area contributed by atoms with Crippen molar-refractivity contribution in [3.8, 4) is 0 Å². The lowest BCUT2D eigenvalue weighted by Crippen LogP contribution is -1.95. The third-order valence-electron chi connectivity index (χ3n) is 2.20. The lowest BCUT2D eigenvalue weighted by Gasteiger charge is -2.06. The zero-order valence-electron chi connectivity index (χ0n) is 7.40. The van der Waals surface area contributed by atoms with Gasteiger partial charge >= 0.3 is 0 Å². The molecule has 14 heavy (non-hydrogen) atoms. The van der Waals surface area contributed by atoms with Gasteiger partial charge in [0.05, 0.1) is 5.69 Å². The van der Waals surface area contributed by atoms with Crippen LogP contribution in [0.3, 0.4) is 0 Å². The Balaban J connectivity index is 2.83. The minimum atomic E-state index is 0.450. The largest absolute Gasteiger partial charge is 0.298 e. The molecule has 0 atom stereocenters. The topological polar surface area (TPSA) is 49.3 Å². The maximum Gasteiger partial charge on any atom is 0.152 e. The number of aldehydes is 1. The quantitative estimate of drug-likeness (QED) is 0.560. The Kier molecular flexibility index (Phi) is 2.16. The van der Waals surface area contributed by atoms with E-state index in [-0.39, 0.29) is 0 Å². The minimum absolute atomic E-state index is 0.450. The van der Waals surface area contributed by atoms with Crippen molar-refractivity contribution >= 4 is 22.7 Å². The molecule has 0 aliphatic heterocycles. The van der Waals surface area contributed by atoms with Gasteiger partial charge in [-0.25, -0.2) is 0 Å². The van der Waals surface area contributed by atoms with Crippen LogP contribution in [0.25, 0.3) is 10.8 Å². The third-order valence-corrected chi connectivity index (χ3v) is 2.20. The van der Waals surface area contributed by atoms with E-state index in [0.717, 1.165) is 10.8 Å². The highest BCUT2D eigenvalue weighted by Gasteiger charge is 2.04. The van der Waals surface area contributed by atoms with Gasteiger partial charge in [0, 0.05) is 10.9 Å². The molecular weight excluding hydrogens is 178 g/mol. The van der Waals surface area contributed by atoms with Gasteiger partial charge in [-0.1, -0.05) is 30.3 Å². The number of hydrogen-bond donors (Lipinski definition) is 2. The lowest BCUT2D eigenvalue weighted by molar-refractivity contribution is 0.112. The molecule has 0 saturated heterocycles.